The van der Waals surface area contributed by atoms with Crippen LogP contribution in [-0.4, -0.2) is 35.4 Å². The van der Waals surface area contributed by atoms with Gasteiger partial charge in [0.2, 0.25) is 5.91 Å². The lowest BCUT2D eigenvalue weighted by Crippen LogP contribution is -2.51. The van der Waals surface area contributed by atoms with E-state index in [9.17, 15) is 9.59 Å². The third-order valence-corrected chi connectivity index (χ3v) is 6.38. The van der Waals surface area contributed by atoms with Crippen molar-refractivity contribution in [1.29, 1.82) is 0 Å². The molecule has 0 spiro atoms. The number of hydrogen-bond acceptors (Lipinski definition) is 3. The molecular formula is C27H36Cl2N2O3. The summed E-state index contributed by atoms with van der Waals surface area (Å²) in [6.07, 6.45) is 1.25. The van der Waals surface area contributed by atoms with Crippen molar-refractivity contribution in [3.05, 3.63) is 63.6 Å². The van der Waals surface area contributed by atoms with Crippen LogP contribution in [0.15, 0.2) is 42.5 Å². The van der Waals surface area contributed by atoms with Crippen LogP contribution in [0, 0.1) is 0 Å². The highest BCUT2D eigenvalue weighted by Gasteiger charge is 2.30. The second-order valence-corrected chi connectivity index (χ2v) is 10.4. The fraction of sp³-hybridized carbons (Fsp3) is 0.481. The van der Waals surface area contributed by atoms with Crippen LogP contribution in [0.4, 0.5) is 0 Å². The Kier molecular flexibility index (Phi) is 10.3. The summed E-state index contributed by atoms with van der Waals surface area (Å²) in [6.45, 7) is 12.1. The highest BCUT2D eigenvalue weighted by Crippen LogP contribution is 2.31. The van der Waals surface area contributed by atoms with Gasteiger partial charge in [-0.3, -0.25) is 9.59 Å². The molecule has 34 heavy (non-hydrogen) atoms. The number of benzene rings is 2. The summed E-state index contributed by atoms with van der Waals surface area (Å²) in [5.74, 6) is 0.177. The van der Waals surface area contributed by atoms with Gasteiger partial charge in [-0.1, -0.05) is 82.1 Å². The van der Waals surface area contributed by atoms with Crippen LogP contribution in [0.3, 0.4) is 0 Å². The molecule has 0 heterocycles. The molecule has 0 aliphatic carbocycles. The molecule has 0 saturated carbocycles. The van der Waals surface area contributed by atoms with Gasteiger partial charge in [0, 0.05) is 22.6 Å². The Bertz CT molecular complexity index is 988. The van der Waals surface area contributed by atoms with Crippen LogP contribution >= 0.6 is 23.2 Å². The number of rotatable bonds is 10. The average Bonchev–Trinajstić information content (AvgIpc) is 2.78. The molecule has 7 heteroatoms. The Morgan fingerprint density at radius 2 is 1.74 bits per heavy atom. The molecule has 0 aromatic heterocycles. The highest BCUT2D eigenvalue weighted by atomic mass is 35.5. The predicted molar refractivity (Wildman–Crippen MR) is 140 cm³/mol. The van der Waals surface area contributed by atoms with E-state index in [4.69, 9.17) is 27.9 Å². The Balaban J connectivity index is 2.32. The van der Waals surface area contributed by atoms with Gasteiger partial charge in [0.1, 0.15) is 11.8 Å². The average molecular weight is 508 g/mol. The maximum atomic E-state index is 13.5. The molecule has 0 unspecified atom stereocenters. The summed E-state index contributed by atoms with van der Waals surface area (Å²) >= 11 is 12.5. The van der Waals surface area contributed by atoms with Crippen molar-refractivity contribution in [2.75, 3.05) is 6.61 Å². The molecule has 0 saturated heterocycles. The van der Waals surface area contributed by atoms with Crippen molar-refractivity contribution < 1.29 is 14.3 Å². The molecule has 2 atom stereocenters. The van der Waals surface area contributed by atoms with Gasteiger partial charge in [-0.15, -0.1) is 0 Å². The van der Waals surface area contributed by atoms with Crippen molar-refractivity contribution in [1.82, 2.24) is 10.2 Å². The number of para-hydroxylation sites is 1. The van der Waals surface area contributed by atoms with Crippen LogP contribution < -0.4 is 10.1 Å². The van der Waals surface area contributed by atoms with Crippen LogP contribution in [-0.2, 0) is 21.5 Å². The van der Waals surface area contributed by atoms with Crippen molar-refractivity contribution in [3.63, 3.8) is 0 Å². The second-order valence-electron chi connectivity index (χ2n) is 9.53. The first-order chi connectivity index (χ1) is 16.0. The van der Waals surface area contributed by atoms with E-state index in [1.807, 2.05) is 45.0 Å². The number of amides is 2. The smallest absolute Gasteiger partial charge is 0.261 e. The van der Waals surface area contributed by atoms with Crippen molar-refractivity contribution in [3.8, 4) is 5.75 Å². The van der Waals surface area contributed by atoms with E-state index in [0.29, 0.717) is 27.8 Å². The molecule has 5 nitrogen and oxygen atoms in total. The maximum absolute atomic E-state index is 13.5. The van der Waals surface area contributed by atoms with E-state index in [-0.39, 0.29) is 36.4 Å². The monoisotopic (exact) mass is 506 g/mol. The van der Waals surface area contributed by atoms with Gasteiger partial charge in [-0.25, -0.2) is 0 Å². The molecule has 0 radical (unpaired) electrons. The van der Waals surface area contributed by atoms with Gasteiger partial charge in [0.05, 0.1) is 0 Å². The van der Waals surface area contributed by atoms with Crippen molar-refractivity contribution in [2.24, 2.45) is 0 Å². The Morgan fingerprint density at radius 1 is 1.06 bits per heavy atom. The maximum Gasteiger partial charge on any atom is 0.261 e. The zero-order chi connectivity index (χ0) is 25.5. The third-order valence-electron chi connectivity index (χ3n) is 5.79. The van der Waals surface area contributed by atoms with Crippen LogP contribution in [0.2, 0.25) is 10.0 Å². The van der Waals surface area contributed by atoms with E-state index in [1.54, 1.807) is 23.1 Å². The summed E-state index contributed by atoms with van der Waals surface area (Å²) < 4.78 is 5.99. The minimum absolute atomic E-state index is 0.00698. The molecule has 2 aromatic rings. The number of nitrogens with zero attached hydrogens (tertiary/aromatic N) is 1. The second kappa shape index (κ2) is 12.5. The standard InChI is InChI=1S/C27H36Cl2N2O3/c1-7-18(3)30-26(33)23(8-2)31(16-19-13-14-20(28)15-22(19)29)25(32)17-34-24-12-10-9-11-21(24)27(4,5)6/h9-15,18,23H,7-8,16-17H2,1-6H3,(H,30,33)/t18-,23+/m0/s1. The van der Waals surface area contributed by atoms with Gasteiger partial charge in [-0.2, -0.15) is 0 Å². The quantitative estimate of drug-likeness (QED) is 0.405. The molecule has 0 aliphatic rings. The molecule has 2 aromatic carbocycles. The summed E-state index contributed by atoms with van der Waals surface area (Å²) in [5, 5.41) is 3.96. The zero-order valence-electron chi connectivity index (χ0n) is 21.0. The first kappa shape index (κ1) is 28.0. The summed E-state index contributed by atoms with van der Waals surface area (Å²) in [5.41, 5.74) is 1.58. The number of ether oxygens (including phenoxy) is 1. The first-order valence-electron chi connectivity index (χ1n) is 11.7. The SMILES string of the molecule is CC[C@H](C(=O)N[C@@H](C)CC)N(Cc1ccc(Cl)cc1Cl)C(=O)COc1ccccc1C(C)(C)C. The van der Waals surface area contributed by atoms with E-state index in [0.717, 1.165) is 12.0 Å². The van der Waals surface area contributed by atoms with Gasteiger partial charge < -0.3 is 15.0 Å². The molecule has 1 N–H and O–H groups in total. The largest absolute Gasteiger partial charge is 0.483 e. The molecule has 0 fully saturated rings. The van der Waals surface area contributed by atoms with Gasteiger partial charge in [-0.05, 0) is 54.5 Å². The summed E-state index contributed by atoms with van der Waals surface area (Å²) in [4.78, 5) is 28.1. The predicted octanol–water partition coefficient (Wildman–Crippen LogP) is 6.39. The normalized spacial score (nSPS) is 13.2. The molecule has 2 rings (SSSR count). The number of hydrogen-bond donors (Lipinski definition) is 1. The molecule has 2 amide bonds. The Morgan fingerprint density at radius 3 is 2.32 bits per heavy atom. The van der Waals surface area contributed by atoms with E-state index in [1.165, 1.54) is 0 Å². The van der Waals surface area contributed by atoms with Crippen LogP contribution in [0.5, 0.6) is 5.75 Å². The number of halogens is 2. The number of nitrogens with one attached hydrogen (secondary N) is 1. The Labute approximate surface area is 213 Å². The first-order valence-corrected chi connectivity index (χ1v) is 12.5. The van der Waals surface area contributed by atoms with Crippen LogP contribution in [0.1, 0.15) is 65.5 Å². The van der Waals surface area contributed by atoms with Gasteiger partial charge >= 0.3 is 0 Å². The molecular weight excluding hydrogens is 471 g/mol. The minimum atomic E-state index is -0.658. The molecule has 0 aliphatic heterocycles. The van der Waals surface area contributed by atoms with E-state index >= 15 is 0 Å². The molecule has 186 valence electrons. The topological polar surface area (TPSA) is 58.6 Å². The lowest BCUT2D eigenvalue weighted by Gasteiger charge is -2.32. The minimum Gasteiger partial charge on any atom is -0.483 e. The van der Waals surface area contributed by atoms with Crippen molar-refractivity contribution in [2.45, 2.75) is 78.4 Å². The zero-order valence-corrected chi connectivity index (χ0v) is 22.5. The van der Waals surface area contributed by atoms with E-state index in [2.05, 4.69) is 26.1 Å². The number of carbonyl (C=O) groups excluding carboxylic acids is 2. The fourth-order valence-corrected chi connectivity index (χ4v) is 4.10. The van der Waals surface area contributed by atoms with E-state index < -0.39 is 6.04 Å². The lowest BCUT2D eigenvalue weighted by molar-refractivity contribution is -0.143. The summed E-state index contributed by atoms with van der Waals surface area (Å²) in [7, 11) is 0. The van der Waals surface area contributed by atoms with Gasteiger partial charge in [0.25, 0.3) is 5.91 Å². The Hall–Kier alpha value is -2.24. The lowest BCUT2D eigenvalue weighted by atomic mass is 9.86. The van der Waals surface area contributed by atoms with Crippen LogP contribution in [0.25, 0.3) is 0 Å². The van der Waals surface area contributed by atoms with Gasteiger partial charge in [0.15, 0.2) is 6.61 Å². The van der Waals surface area contributed by atoms with Crippen molar-refractivity contribution >= 4 is 35.0 Å². The molecule has 0 bridgehead atoms. The highest BCUT2D eigenvalue weighted by molar-refractivity contribution is 6.35. The fourth-order valence-electron chi connectivity index (χ4n) is 3.63. The number of carbonyl (C=O) groups is 2. The third kappa shape index (κ3) is 7.64. The summed E-state index contributed by atoms with van der Waals surface area (Å²) in [6, 6.07) is 12.2.